The second-order valence-electron chi connectivity index (χ2n) is 9.85. The maximum absolute atomic E-state index is 14.0. The maximum atomic E-state index is 14.0. The molecule has 0 radical (unpaired) electrons. The Hall–Kier alpha value is -4.86. The zero-order chi connectivity index (χ0) is 29.7. The van der Waals surface area contributed by atoms with Gasteiger partial charge in [0.25, 0.3) is 11.7 Å². The minimum Gasteiger partial charge on any atom is -0.497 e. The molecule has 41 heavy (non-hydrogen) atoms. The Kier molecular flexibility index (Phi) is 8.91. The first-order chi connectivity index (χ1) is 19.7. The molecule has 0 aliphatic carbocycles. The Morgan fingerprint density at radius 3 is 2.17 bits per heavy atom. The first-order valence-corrected chi connectivity index (χ1v) is 13.1. The van der Waals surface area contributed by atoms with Crippen LogP contribution in [0.2, 0.25) is 0 Å². The van der Waals surface area contributed by atoms with Crippen LogP contribution in [0, 0.1) is 5.92 Å². The number of Topliss-reactive ketones (excluding diaryl/α,β-unsaturated/α-hetero) is 1. The first-order valence-electron chi connectivity index (χ1n) is 13.1. The number of ketones is 1. The summed E-state index contributed by atoms with van der Waals surface area (Å²) in [6, 6.07) is 17.8. The molecule has 10 nitrogen and oxygen atoms in total. The summed E-state index contributed by atoms with van der Waals surface area (Å²) in [6.45, 7) is 3.35. The summed E-state index contributed by atoms with van der Waals surface area (Å²) in [5.74, 6) is -1.09. The monoisotopic (exact) mass is 559 g/mol. The molecule has 0 fully saturated rings. The second kappa shape index (κ2) is 12.5. The Morgan fingerprint density at radius 2 is 1.54 bits per heavy atom. The van der Waals surface area contributed by atoms with Crippen molar-refractivity contribution in [3.63, 3.8) is 0 Å². The third kappa shape index (κ3) is 6.16. The van der Waals surface area contributed by atoms with Gasteiger partial charge in [-0.1, -0.05) is 38.1 Å². The molecule has 214 valence electrons. The Morgan fingerprint density at radius 1 is 0.878 bits per heavy atom. The summed E-state index contributed by atoms with van der Waals surface area (Å²) < 4.78 is 15.9. The van der Waals surface area contributed by atoms with E-state index < -0.39 is 36.1 Å². The summed E-state index contributed by atoms with van der Waals surface area (Å²) >= 11 is 0. The van der Waals surface area contributed by atoms with E-state index in [4.69, 9.17) is 14.2 Å². The zero-order valence-electron chi connectivity index (χ0n) is 23.7. The van der Waals surface area contributed by atoms with Crippen LogP contribution in [-0.2, 0) is 20.9 Å². The number of carbonyl (C=O) groups excluding carboxylic acids is 4. The predicted molar refractivity (Wildman–Crippen MR) is 153 cm³/mol. The number of methoxy groups -OCH3 is 3. The van der Waals surface area contributed by atoms with Crippen LogP contribution in [0.1, 0.15) is 29.8 Å². The van der Waals surface area contributed by atoms with Crippen LogP contribution in [-0.4, -0.2) is 62.3 Å². The maximum Gasteiger partial charge on any atom is 0.299 e. The van der Waals surface area contributed by atoms with E-state index in [1.807, 2.05) is 13.8 Å². The fourth-order valence-corrected chi connectivity index (χ4v) is 4.81. The predicted octanol–water partition coefficient (Wildman–Crippen LogP) is 3.93. The van der Waals surface area contributed by atoms with Gasteiger partial charge >= 0.3 is 0 Å². The van der Waals surface area contributed by atoms with E-state index in [1.165, 1.54) is 24.0 Å². The number of fused-ring (bicyclic) bond motifs is 1. The van der Waals surface area contributed by atoms with Crippen molar-refractivity contribution in [3.05, 3.63) is 77.9 Å². The Balaban J connectivity index is 1.68. The molecule has 0 spiro atoms. The third-order valence-corrected chi connectivity index (χ3v) is 6.91. The van der Waals surface area contributed by atoms with E-state index in [0.717, 1.165) is 5.56 Å². The average Bonchev–Trinajstić information content (AvgIpc) is 3.21. The van der Waals surface area contributed by atoms with Gasteiger partial charge in [-0.25, -0.2) is 0 Å². The molecule has 3 amide bonds. The number of hydrogen-bond donors (Lipinski definition) is 1. The minimum absolute atomic E-state index is 0.0798. The average molecular weight is 560 g/mol. The van der Waals surface area contributed by atoms with Crippen LogP contribution in [0.3, 0.4) is 0 Å². The first kappa shape index (κ1) is 29.1. The van der Waals surface area contributed by atoms with E-state index in [9.17, 15) is 19.2 Å². The van der Waals surface area contributed by atoms with Crippen molar-refractivity contribution in [2.75, 3.05) is 38.1 Å². The molecule has 4 rings (SSSR count). The van der Waals surface area contributed by atoms with Gasteiger partial charge in [0.05, 0.1) is 38.3 Å². The molecule has 1 aliphatic rings. The molecule has 1 N–H and O–H groups in total. The topological polar surface area (TPSA) is 114 Å². The summed E-state index contributed by atoms with van der Waals surface area (Å²) in [7, 11) is 4.57. The number of amides is 3. The van der Waals surface area contributed by atoms with Crippen LogP contribution < -0.4 is 24.4 Å². The third-order valence-electron chi connectivity index (χ3n) is 6.91. The van der Waals surface area contributed by atoms with Crippen LogP contribution in [0.5, 0.6) is 17.2 Å². The number of benzene rings is 3. The highest BCUT2D eigenvalue weighted by atomic mass is 16.5. The molecule has 10 heteroatoms. The lowest BCUT2D eigenvalue weighted by atomic mass is 9.99. The van der Waals surface area contributed by atoms with Crippen molar-refractivity contribution in [2.24, 2.45) is 5.92 Å². The zero-order valence-corrected chi connectivity index (χ0v) is 23.7. The van der Waals surface area contributed by atoms with Gasteiger partial charge in [-0.15, -0.1) is 0 Å². The highest BCUT2D eigenvalue weighted by Crippen LogP contribution is 2.31. The van der Waals surface area contributed by atoms with Crippen LogP contribution in [0.4, 0.5) is 11.4 Å². The minimum atomic E-state index is -0.931. The lowest BCUT2D eigenvalue weighted by Crippen LogP contribution is -2.53. The number of rotatable bonds is 11. The van der Waals surface area contributed by atoms with Gasteiger partial charge in [-0.2, -0.15) is 0 Å². The molecule has 0 bridgehead atoms. The van der Waals surface area contributed by atoms with Gasteiger partial charge < -0.3 is 24.4 Å². The van der Waals surface area contributed by atoms with Gasteiger partial charge in [0.15, 0.2) is 0 Å². The smallest absolute Gasteiger partial charge is 0.299 e. The molecule has 1 unspecified atom stereocenters. The van der Waals surface area contributed by atoms with Crippen LogP contribution in [0.25, 0.3) is 0 Å². The molecule has 1 atom stereocenters. The van der Waals surface area contributed by atoms with E-state index >= 15 is 0 Å². The number of hydrogen-bond acceptors (Lipinski definition) is 7. The van der Waals surface area contributed by atoms with Crippen molar-refractivity contribution in [1.82, 2.24) is 4.90 Å². The fraction of sp³-hybridized carbons (Fsp3) is 0.290. The highest BCUT2D eigenvalue weighted by Gasteiger charge is 2.39. The highest BCUT2D eigenvalue weighted by molar-refractivity contribution is 6.52. The number of anilines is 2. The van der Waals surface area contributed by atoms with Crippen LogP contribution >= 0.6 is 0 Å². The standard InChI is InChI=1S/C31H33N3O7/c1-19(2)28(30(37)32-24-15-14-22(40-4)16-26(24)41-5)34(17-20-10-12-21(39-3)13-11-20)27(35)18-33-25-9-7-6-8-23(25)29(36)31(33)38/h6-16,19,28H,17-18H2,1-5H3,(H,32,37). The van der Waals surface area contributed by atoms with Crippen molar-refractivity contribution in [1.29, 1.82) is 0 Å². The molecule has 0 aromatic heterocycles. The van der Waals surface area contributed by atoms with Gasteiger partial charge in [-0.3, -0.25) is 24.1 Å². The number of nitrogens with one attached hydrogen (secondary N) is 1. The molecular weight excluding hydrogens is 526 g/mol. The molecule has 0 saturated carbocycles. The van der Waals surface area contributed by atoms with Crippen molar-refractivity contribution < 1.29 is 33.4 Å². The quantitative estimate of drug-likeness (QED) is 0.354. The SMILES string of the molecule is COc1ccc(CN(C(=O)CN2C(=O)C(=O)c3ccccc32)C(C(=O)Nc2ccc(OC)cc2OC)C(C)C)cc1. The summed E-state index contributed by atoms with van der Waals surface area (Å²) in [4.78, 5) is 55.8. The van der Waals surface area contributed by atoms with Crippen molar-refractivity contribution in [3.8, 4) is 17.2 Å². The van der Waals surface area contributed by atoms with Gasteiger partial charge in [0, 0.05) is 12.6 Å². The molecule has 3 aromatic rings. The van der Waals surface area contributed by atoms with Crippen LogP contribution in [0.15, 0.2) is 66.7 Å². The molecule has 0 saturated heterocycles. The van der Waals surface area contributed by atoms with Gasteiger partial charge in [-0.05, 0) is 47.9 Å². The van der Waals surface area contributed by atoms with E-state index in [0.29, 0.717) is 28.6 Å². The van der Waals surface area contributed by atoms with Crippen molar-refractivity contribution in [2.45, 2.75) is 26.4 Å². The van der Waals surface area contributed by atoms with E-state index in [1.54, 1.807) is 73.8 Å². The van der Waals surface area contributed by atoms with E-state index in [2.05, 4.69) is 5.32 Å². The van der Waals surface area contributed by atoms with Gasteiger partial charge in [0.1, 0.15) is 29.8 Å². The lowest BCUT2D eigenvalue weighted by Gasteiger charge is -2.35. The molecule has 3 aromatic carbocycles. The summed E-state index contributed by atoms with van der Waals surface area (Å²) in [5.41, 5.74) is 1.78. The van der Waals surface area contributed by atoms with Crippen molar-refractivity contribution >= 4 is 34.9 Å². The number of para-hydroxylation sites is 1. The summed E-state index contributed by atoms with van der Waals surface area (Å²) in [5, 5.41) is 2.89. The lowest BCUT2D eigenvalue weighted by molar-refractivity contribution is -0.140. The number of ether oxygens (including phenoxy) is 3. The number of carbonyl (C=O) groups is 4. The molecule has 1 aliphatic heterocycles. The summed E-state index contributed by atoms with van der Waals surface area (Å²) in [6.07, 6.45) is 0. The molecule has 1 heterocycles. The molecular formula is C31H33N3O7. The normalized spacial score (nSPS) is 13.1. The fourth-order valence-electron chi connectivity index (χ4n) is 4.81. The van der Waals surface area contributed by atoms with E-state index in [-0.39, 0.29) is 18.0 Å². The largest absolute Gasteiger partial charge is 0.497 e. The van der Waals surface area contributed by atoms with Gasteiger partial charge in [0.2, 0.25) is 11.8 Å². The second-order valence-corrected chi connectivity index (χ2v) is 9.85. The number of nitrogens with zero attached hydrogens (tertiary/aromatic N) is 2. The Bertz CT molecular complexity index is 1450. The Labute approximate surface area is 238 Å².